The van der Waals surface area contributed by atoms with Crippen LogP contribution in [0.2, 0.25) is 0 Å². The summed E-state index contributed by atoms with van der Waals surface area (Å²) in [5.41, 5.74) is 0. The quantitative estimate of drug-likeness (QED) is 0.113. The third-order valence-corrected chi connectivity index (χ3v) is 4.90. The van der Waals surface area contributed by atoms with Gasteiger partial charge in [0.25, 0.3) is 6.26 Å². The van der Waals surface area contributed by atoms with Crippen LogP contribution in [0.3, 0.4) is 0 Å². The van der Waals surface area contributed by atoms with Gasteiger partial charge in [-0.1, -0.05) is 25.7 Å². The zero-order valence-corrected chi connectivity index (χ0v) is 20.0. The molecule has 0 aromatic rings. The number of aliphatic imine (C=N–C) groups is 2. The summed E-state index contributed by atoms with van der Waals surface area (Å²) in [7, 11) is 0. The number of urea groups is 1. The number of hydrogen-bond donors (Lipinski definition) is 1. The molecule has 0 saturated heterocycles. The molecule has 3 amide bonds. The summed E-state index contributed by atoms with van der Waals surface area (Å²) in [5.74, 6) is 0. The van der Waals surface area contributed by atoms with Crippen molar-refractivity contribution in [2.75, 3.05) is 39.4 Å². The van der Waals surface area contributed by atoms with Crippen molar-refractivity contribution in [2.24, 2.45) is 9.98 Å². The Balaban J connectivity index is 4.33. The van der Waals surface area contributed by atoms with Crippen molar-refractivity contribution in [3.05, 3.63) is 0 Å². The van der Waals surface area contributed by atoms with Gasteiger partial charge in [0.2, 0.25) is 12.2 Å². The maximum Gasteiger partial charge on any atom is 0.417 e. The molecule has 0 fully saturated rings. The molecule has 0 aromatic heterocycles. The number of nitriles is 1. The highest BCUT2D eigenvalue weighted by atomic mass is 16.6. The molecule has 1 N–H and O–H groups in total. The first-order chi connectivity index (χ1) is 16.7. The molecule has 0 unspecified atom stereocenters. The highest BCUT2D eigenvalue weighted by Crippen LogP contribution is 2.07. The van der Waals surface area contributed by atoms with E-state index in [0.29, 0.717) is 39.1 Å². The van der Waals surface area contributed by atoms with Gasteiger partial charge in [0.1, 0.15) is 6.61 Å². The lowest BCUT2D eigenvalue weighted by Gasteiger charge is -2.21. The number of imide groups is 1. The predicted octanol–water partition coefficient (Wildman–Crippen LogP) is 3.99. The van der Waals surface area contributed by atoms with Gasteiger partial charge in [0, 0.05) is 13.1 Å². The van der Waals surface area contributed by atoms with Crippen LogP contribution >= 0.6 is 0 Å². The van der Waals surface area contributed by atoms with Crippen molar-refractivity contribution < 1.29 is 28.7 Å². The zero-order chi connectivity index (χ0) is 25.1. The van der Waals surface area contributed by atoms with Crippen LogP contribution in [-0.4, -0.2) is 68.6 Å². The smallest absolute Gasteiger partial charge is 0.417 e. The fourth-order valence-electron chi connectivity index (χ4n) is 3.05. The van der Waals surface area contributed by atoms with E-state index in [1.807, 2.05) is 0 Å². The van der Waals surface area contributed by atoms with E-state index in [1.54, 1.807) is 6.26 Å². The van der Waals surface area contributed by atoms with Crippen LogP contribution in [0.1, 0.15) is 77.0 Å². The summed E-state index contributed by atoms with van der Waals surface area (Å²) in [6.45, 7) is 2.18. The predicted molar refractivity (Wildman–Crippen MR) is 124 cm³/mol. The van der Waals surface area contributed by atoms with Gasteiger partial charge in [0.05, 0.1) is 19.7 Å². The van der Waals surface area contributed by atoms with Gasteiger partial charge in [0.15, 0.2) is 0 Å². The molecule has 0 rings (SSSR count). The lowest BCUT2D eigenvalue weighted by Crippen LogP contribution is -2.45. The first-order valence-electron chi connectivity index (χ1n) is 12.0. The van der Waals surface area contributed by atoms with Crippen molar-refractivity contribution in [1.82, 2.24) is 10.2 Å². The number of amides is 3. The highest BCUT2D eigenvalue weighted by Gasteiger charge is 2.22. The number of hydrogen-bond acceptors (Lipinski definition) is 9. The Kier molecular flexibility index (Phi) is 22.1. The third-order valence-electron chi connectivity index (χ3n) is 4.90. The van der Waals surface area contributed by atoms with Crippen molar-refractivity contribution in [1.29, 1.82) is 5.26 Å². The second kappa shape index (κ2) is 24.4. The highest BCUT2D eigenvalue weighted by molar-refractivity contribution is 5.90. The van der Waals surface area contributed by atoms with Gasteiger partial charge < -0.3 is 14.8 Å². The number of nitrogens with zero attached hydrogens (tertiary/aromatic N) is 4. The van der Waals surface area contributed by atoms with Gasteiger partial charge in [-0.3, -0.25) is 0 Å². The molecule has 190 valence electrons. The van der Waals surface area contributed by atoms with Gasteiger partial charge >= 0.3 is 12.1 Å². The molecule has 0 atom stereocenters. The van der Waals surface area contributed by atoms with Gasteiger partial charge in [-0.25, -0.2) is 34.1 Å². The second-order valence-corrected chi connectivity index (χ2v) is 7.63. The monoisotopic (exact) mass is 479 g/mol. The number of unbranched alkanes of at least 4 members (excludes halogenated alkanes) is 9. The van der Waals surface area contributed by atoms with Crippen LogP contribution in [0, 0.1) is 11.5 Å². The largest absolute Gasteiger partial charge is 0.449 e. The average Bonchev–Trinajstić information content (AvgIpc) is 2.84. The fourth-order valence-corrected chi connectivity index (χ4v) is 3.05. The Labute approximate surface area is 201 Å². The number of rotatable bonds is 21. The number of ether oxygens (including phenoxy) is 2. The van der Waals surface area contributed by atoms with Crippen LogP contribution in [0.15, 0.2) is 9.98 Å². The molecule has 0 heterocycles. The lowest BCUT2D eigenvalue weighted by molar-refractivity contribution is 0.107. The van der Waals surface area contributed by atoms with Crippen molar-refractivity contribution in [3.63, 3.8) is 0 Å². The molecule has 0 spiro atoms. The average molecular weight is 480 g/mol. The summed E-state index contributed by atoms with van der Waals surface area (Å²) in [4.78, 5) is 53.2. The fraction of sp³-hybridized carbons (Fsp3) is 0.783. The number of carbonyl (C=O) groups excluding carboxylic acids is 4. The van der Waals surface area contributed by atoms with E-state index in [2.05, 4.69) is 20.0 Å². The van der Waals surface area contributed by atoms with E-state index in [0.717, 1.165) is 69.1 Å². The van der Waals surface area contributed by atoms with Gasteiger partial charge in [-0.05, 0) is 51.4 Å². The first-order valence-corrected chi connectivity index (χ1v) is 12.0. The molecule has 0 bridgehead atoms. The molecule has 11 nitrogen and oxygen atoms in total. The molecule has 11 heteroatoms. The molecular weight excluding hydrogens is 442 g/mol. The summed E-state index contributed by atoms with van der Waals surface area (Å²) in [6, 6.07) is -0.477. The van der Waals surface area contributed by atoms with Crippen molar-refractivity contribution in [2.45, 2.75) is 77.0 Å². The zero-order valence-electron chi connectivity index (χ0n) is 20.0. The van der Waals surface area contributed by atoms with E-state index < -0.39 is 12.1 Å². The van der Waals surface area contributed by atoms with E-state index in [4.69, 9.17) is 10.00 Å². The molecule has 0 aromatic carbocycles. The molecule has 0 saturated carbocycles. The maximum atomic E-state index is 12.6. The van der Waals surface area contributed by atoms with Crippen LogP contribution in [0.25, 0.3) is 0 Å². The Morgan fingerprint density at radius 3 is 1.94 bits per heavy atom. The van der Waals surface area contributed by atoms with Crippen molar-refractivity contribution >= 4 is 24.3 Å². The van der Waals surface area contributed by atoms with Crippen LogP contribution < -0.4 is 5.32 Å². The van der Waals surface area contributed by atoms with E-state index in [9.17, 15) is 19.2 Å². The molecule has 0 aliphatic heterocycles. The summed E-state index contributed by atoms with van der Waals surface area (Å²) in [5, 5.41) is 11.1. The lowest BCUT2D eigenvalue weighted by atomic mass is 10.2. The van der Waals surface area contributed by atoms with Crippen molar-refractivity contribution in [3.8, 4) is 6.26 Å². The third kappa shape index (κ3) is 19.5. The van der Waals surface area contributed by atoms with Crippen LogP contribution in [0.5, 0.6) is 0 Å². The Hall–Kier alpha value is -3.21. The SMILES string of the molecule is N#COCCCCCCNC(=O)N(CCCCCCN=C=O)C(=O)OCCCCCCN=C=O. The number of isocyanates is 2. The Morgan fingerprint density at radius 1 is 0.765 bits per heavy atom. The molecule has 34 heavy (non-hydrogen) atoms. The standard InChI is InChI=1S/C23H37N5O6/c24-19-33-17-11-5-3-9-15-27-22(31)28(16-10-4-1-7-13-25-20-29)23(32)34-18-12-6-2-8-14-26-21-30/h1-18H2,(H,27,31). The normalized spacial score (nSPS) is 9.74. The summed E-state index contributed by atoms with van der Waals surface area (Å²) in [6.07, 6.45) is 13.4. The molecule has 0 radical (unpaired) electrons. The Bertz CT molecular complexity index is 684. The number of nitrogens with one attached hydrogen (secondary N) is 1. The van der Waals surface area contributed by atoms with Gasteiger partial charge in [-0.2, -0.15) is 5.26 Å². The van der Waals surface area contributed by atoms with E-state index >= 15 is 0 Å². The number of carbonyl (C=O) groups is 2. The van der Waals surface area contributed by atoms with Gasteiger partial charge in [-0.15, -0.1) is 0 Å². The minimum atomic E-state index is -0.665. The molecular formula is C23H37N5O6. The van der Waals surface area contributed by atoms with E-state index in [-0.39, 0.29) is 13.2 Å². The Morgan fingerprint density at radius 2 is 1.32 bits per heavy atom. The minimum Gasteiger partial charge on any atom is -0.449 e. The molecule has 0 aliphatic rings. The van der Waals surface area contributed by atoms with E-state index in [1.165, 1.54) is 12.2 Å². The first kappa shape index (κ1) is 30.8. The minimum absolute atomic E-state index is 0.216. The topological polar surface area (TPSA) is 151 Å². The van der Waals surface area contributed by atoms with Crippen LogP contribution in [-0.2, 0) is 19.1 Å². The van der Waals surface area contributed by atoms with Crippen LogP contribution in [0.4, 0.5) is 9.59 Å². The summed E-state index contributed by atoms with van der Waals surface area (Å²) >= 11 is 0. The summed E-state index contributed by atoms with van der Waals surface area (Å²) < 4.78 is 9.90. The maximum absolute atomic E-state index is 12.6. The second-order valence-electron chi connectivity index (χ2n) is 7.63. The molecule has 0 aliphatic carbocycles.